The zero-order chi connectivity index (χ0) is 6.69. The van der Waals surface area contributed by atoms with Gasteiger partial charge in [-0.1, -0.05) is 0 Å². The van der Waals surface area contributed by atoms with Crippen molar-refractivity contribution in [2.75, 3.05) is 13.1 Å². The summed E-state index contributed by atoms with van der Waals surface area (Å²) in [4.78, 5) is 8.66. The Bertz CT molecular complexity index is 112. The van der Waals surface area contributed by atoms with Crippen LogP contribution in [-0.2, 0) is 4.57 Å². The van der Waals surface area contributed by atoms with Crippen molar-refractivity contribution in [1.82, 2.24) is 5.32 Å². The highest BCUT2D eigenvalue weighted by atomic mass is 31.1. The molecule has 1 fully saturated rings. The maximum absolute atomic E-state index is 10.5. The van der Waals surface area contributed by atoms with Gasteiger partial charge in [0, 0.05) is 12.8 Å². The molecule has 52 valence electrons. The molecule has 1 saturated heterocycles. The van der Waals surface area contributed by atoms with Gasteiger partial charge in [0.25, 0.3) is 0 Å². The summed E-state index contributed by atoms with van der Waals surface area (Å²) in [5.41, 5.74) is 0.0567. The van der Waals surface area contributed by atoms with Crippen molar-refractivity contribution in [3.8, 4) is 0 Å². The molecule has 1 aliphatic heterocycles. The van der Waals surface area contributed by atoms with Crippen molar-refractivity contribution < 1.29 is 9.46 Å². The quantitative estimate of drug-likeness (QED) is 0.531. The van der Waals surface area contributed by atoms with Crippen LogP contribution >= 0.6 is 8.03 Å². The molecule has 0 bridgehead atoms. The third kappa shape index (κ3) is 2.01. The van der Waals surface area contributed by atoms with Crippen molar-refractivity contribution in [2.45, 2.75) is 18.5 Å². The van der Waals surface area contributed by atoms with Crippen LogP contribution in [0.25, 0.3) is 0 Å². The van der Waals surface area contributed by atoms with Crippen molar-refractivity contribution in [1.29, 1.82) is 0 Å². The summed E-state index contributed by atoms with van der Waals surface area (Å²) in [5, 5.41) is 3.13. The summed E-state index contributed by atoms with van der Waals surface area (Å²) >= 11 is 0. The van der Waals surface area contributed by atoms with Crippen LogP contribution in [0.1, 0.15) is 12.8 Å². The highest BCUT2D eigenvalue weighted by Gasteiger charge is 2.29. The number of nitrogens with one attached hydrogen (secondary N) is 1. The maximum atomic E-state index is 10.5. The Morgan fingerprint density at radius 3 is 2.33 bits per heavy atom. The fourth-order valence-corrected chi connectivity index (χ4v) is 1.73. The van der Waals surface area contributed by atoms with E-state index < -0.39 is 8.03 Å². The smallest absolute Gasteiger partial charge is 0.316 e. The maximum Gasteiger partial charge on any atom is 0.508 e. The molecule has 9 heavy (non-hydrogen) atoms. The Morgan fingerprint density at radius 1 is 1.44 bits per heavy atom. The minimum atomic E-state index is -1.91. The molecule has 1 rings (SSSR count). The van der Waals surface area contributed by atoms with Gasteiger partial charge >= 0.3 is 8.03 Å². The third-order valence-corrected chi connectivity index (χ3v) is 2.76. The van der Waals surface area contributed by atoms with Gasteiger partial charge in [-0.25, -0.2) is 0 Å². The van der Waals surface area contributed by atoms with Gasteiger partial charge in [-0.15, -0.1) is 0 Å². The largest absolute Gasteiger partial charge is 0.508 e. The van der Waals surface area contributed by atoms with Crippen LogP contribution < -0.4 is 5.32 Å². The molecule has 1 unspecified atom stereocenters. The van der Waals surface area contributed by atoms with E-state index in [2.05, 4.69) is 5.32 Å². The molecule has 1 aliphatic rings. The van der Waals surface area contributed by atoms with Gasteiger partial charge in [-0.3, -0.25) is 0 Å². The summed E-state index contributed by atoms with van der Waals surface area (Å²) in [6.07, 6.45) is 1.71. The second-order valence-corrected chi connectivity index (χ2v) is 3.62. The fourth-order valence-electron chi connectivity index (χ4n) is 1.03. The van der Waals surface area contributed by atoms with Crippen molar-refractivity contribution >= 4 is 8.03 Å². The van der Waals surface area contributed by atoms with Crippen LogP contribution in [0.15, 0.2) is 0 Å². The Kier molecular flexibility index (Phi) is 2.58. The van der Waals surface area contributed by atoms with E-state index in [1.165, 1.54) is 0 Å². The lowest BCUT2D eigenvalue weighted by Crippen LogP contribution is -2.28. The average molecular weight is 148 g/mol. The van der Waals surface area contributed by atoms with E-state index in [9.17, 15) is 4.57 Å². The zero-order valence-electron chi connectivity index (χ0n) is 5.21. The molecule has 0 aromatic rings. The number of rotatable bonds is 1. The molecule has 0 amide bonds. The highest BCUT2D eigenvalue weighted by Crippen LogP contribution is 2.28. The van der Waals surface area contributed by atoms with Gasteiger partial charge in [0.1, 0.15) is 0 Å². The molecule has 0 spiro atoms. The van der Waals surface area contributed by atoms with Gasteiger partial charge in [0.05, 0.1) is 0 Å². The Labute approximate surface area is 55.3 Å². The third-order valence-electron chi connectivity index (χ3n) is 1.62. The van der Waals surface area contributed by atoms with E-state index in [0.717, 1.165) is 25.9 Å². The number of piperidine rings is 1. The van der Waals surface area contributed by atoms with E-state index in [4.69, 9.17) is 4.89 Å². The summed E-state index contributed by atoms with van der Waals surface area (Å²) in [5.74, 6) is 0. The van der Waals surface area contributed by atoms with Crippen molar-refractivity contribution in [3.63, 3.8) is 0 Å². The topological polar surface area (TPSA) is 49.3 Å². The van der Waals surface area contributed by atoms with Crippen molar-refractivity contribution in [3.05, 3.63) is 0 Å². The first kappa shape index (κ1) is 7.13. The molecular formula is C5H11NO2P+. The van der Waals surface area contributed by atoms with Crippen LogP contribution in [0.2, 0.25) is 0 Å². The van der Waals surface area contributed by atoms with Gasteiger partial charge in [0.2, 0.25) is 0 Å². The second-order valence-electron chi connectivity index (χ2n) is 2.28. The standard InChI is InChI=1S/C5H10NO2P/c7-9(8)5-1-3-6-4-2-5/h5-6H,1-4H2/p+1. The Morgan fingerprint density at radius 2 is 2.00 bits per heavy atom. The molecular weight excluding hydrogens is 137 g/mol. The molecule has 4 heteroatoms. The first-order valence-corrected chi connectivity index (χ1v) is 4.45. The fraction of sp³-hybridized carbons (Fsp3) is 1.00. The lowest BCUT2D eigenvalue weighted by molar-refractivity contribution is 0.450. The molecule has 0 aliphatic carbocycles. The zero-order valence-corrected chi connectivity index (χ0v) is 6.10. The molecule has 0 aromatic heterocycles. The minimum Gasteiger partial charge on any atom is -0.316 e. The lowest BCUT2D eigenvalue weighted by Gasteiger charge is -2.11. The molecule has 0 aromatic carbocycles. The summed E-state index contributed by atoms with van der Waals surface area (Å²) in [6, 6.07) is 0. The first-order chi connectivity index (χ1) is 4.30. The monoisotopic (exact) mass is 148 g/mol. The summed E-state index contributed by atoms with van der Waals surface area (Å²) in [7, 11) is -1.91. The molecule has 1 heterocycles. The normalized spacial score (nSPS) is 23.9. The minimum absolute atomic E-state index is 0.0567. The van der Waals surface area contributed by atoms with E-state index in [0.29, 0.717) is 0 Å². The SMILES string of the molecule is O=[P+](O)C1CCNCC1. The van der Waals surface area contributed by atoms with Crippen molar-refractivity contribution in [2.24, 2.45) is 0 Å². The first-order valence-electron chi connectivity index (χ1n) is 3.16. The molecule has 1 atom stereocenters. The Balaban J connectivity index is 2.31. The number of hydrogen-bond donors (Lipinski definition) is 2. The highest BCUT2D eigenvalue weighted by molar-refractivity contribution is 7.38. The lowest BCUT2D eigenvalue weighted by atomic mass is 10.2. The van der Waals surface area contributed by atoms with Gasteiger partial charge in [-0.05, 0) is 17.7 Å². The van der Waals surface area contributed by atoms with Gasteiger partial charge < -0.3 is 5.32 Å². The molecule has 2 N–H and O–H groups in total. The van der Waals surface area contributed by atoms with E-state index in [-0.39, 0.29) is 5.66 Å². The molecule has 0 radical (unpaired) electrons. The average Bonchev–Trinajstić information content (AvgIpc) is 1.90. The van der Waals surface area contributed by atoms with Crippen LogP contribution in [0.5, 0.6) is 0 Å². The van der Waals surface area contributed by atoms with Gasteiger partial charge in [0.15, 0.2) is 5.66 Å². The van der Waals surface area contributed by atoms with Crippen LogP contribution in [0.3, 0.4) is 0 Å². The van der Waals surface area contributed by atoms with E-state index in [1.807, 2.05) is 0 Å². The summed E-state index contributed by atoms with van der Waals surface area (Å²) < 4.78 is 10.5. The van der Waals surface area contributed by atoms with Crippen LogP contribution in [0, 0.1) is 0 Å². The van der Waals surface area contributed by atoms with Crippen LogP contribution in [-0.4, -0.2) is 23.6 Å². The van der Waals surface area contributed by atoms with Crippen LogP contribution in [0.4, 0.5) is 0 Å². The van der Waals surface area contributed by atoms with E-state index in [1.54, 1.807) is 0 Å². The summed E-state index contributed by atoms with van der Waals surface area (Å²) in [6.45, 7) is 1.79. The Hall–Kier alpha value is 0.0200. The molecule has 3 nitrogen and oxygen atoms in total. The van der Waals surface area contributed by atoms with E-state index >= 15 is 0 Å². The van der Waals surface area contributed by atoms with Gasteiger partial charge in [-0.2, -0.15) is 4.89 Å². The number of hydrogen-bond acceptors (Lipinski definition) is 2. The second kappa shape index (κ2) is 3.25. The molecule has 0 saturated carbocycles. The predicted octanol–water partition coefficient (Wildman–Crippen LogP) is 0.473. The predicted molar refractivity (Wildman–Crippen MR) is 35.7 cm³/mol.